The summed E-state index contributed by atoms with van der Waals surface area (Å²) in [5, 5.41) is 0. The third-order valence-electron chi connectivity index (χ3n) is 4.28. The maximum Gasteiger partial charge on any atom is -0.0159 e. The van der Waals surface area contributed by atoms with Gasteiger partial charge in [-0.3, -0.25) is 0 Å². The Labute approximate surface area is 106 Å². The Bertz CT molecular complexity index is 340. The van der Waals surface area contributed by atoms with Gasteiger partial charge in [0.1, 0.15) is 0 Å². The van der Waals surface area contributed by atoms with Crippen molar-refractivity contribution in [1.29, 1.82) is 0 Å². The first-order valence-corrected chi connectivity index (χ1v) is 7.45. The van der Waals surface area contributed by atoms with Crippen molar-refractivity contribution in [1.82, 2.24) is 0 Å². The predicted octanol–water partition coefficient (Wildman–Crippen LogP) is 5.64. The van der Waals surface area contributed by atoms with Crippen molar-refractivity contribution in [3.63, 3.8) is 0 Å². The molecule has 0 nitrogen and oxygen atoms in total. The van der Waals surface area contributed by atoms with Crippen LogP contribution in [0.1, 0.15) is 81.8 Å². The molecule has 0 fully saturated rings. The lowest BCUT2D eigenvalue weighted by atomic mass is 9.73. The highest BCUT2D eigenvalue weighted by molar-refractivity contribution is 5.35. The van der Waals surface area contributed by atoms with Crippen molar-refractivity contribution in [2.75, 3.05) is 0 Å². The number of hydrogen-bond acceptors (Lipinski definition) is 0. The molecule has 94 valence electrons. The molecule has 1 aromatic carbocycles. The van der Waals surface area contributed by atoms with E-state index in [1.54, 1.807) is 11.1 Å². The first-order valence-electron chi connectivity index (χ1n) is 7.45. The molecule has 0 aromatic heterocycles. The Kier molecular flexibility index (Phi) is 4.65. The normalized spacial score (nSPS) is 23.4. The average molecular weight is 230 g/mol. The molecule has 1 aliphatic carbocycles. The van der Waals surface area contributed by atoms with Crippen molar-refractivity contribution in [3.05, 3.63) is 35.4 Å². The maximum atomic E-state index is 2.39. The summed E-state index contributed by atoms with van der Waals surface area (Å²) in [6.45, 7) is 4.61. The van der Waals surface area contributed by atoms with Crippen molar-refractivity contribution in [2.24, 2.45) is 0 Å². The Balaban J connectivity index is 2.17. The molecule has 0 aliphatic heterocycles. The van der Waals surface area contributed by atoms with Crippen molar-refractivity contribution in [2.45, 2.75) is 70.6 Å². The second-order valence-corrected chi connectivity index (χ2v) is 5.53. The minimum atomic E-state index is 0.842. The SMILES string of the molecule is CCCCC1CCC(CCC)c2ccccc21. The van der Waals surface area contributed by atoms with E-state index < -0.39 is 0 Å². The van der Waals surface area contributed by atoms with Crippen LogP contribution in [-0.4, -0.2) is 0 Å². The predicted molar refractivity (Wildman–Crippen MR) is 75.6 cm³/mol. The van der Waals surface area contributed by atoms with Crippen molar-refractivity contribution < 1.29 is 0 Å². The van der Waals surface area contributed by atoms with Gasteiger partial charge in [-0.15, -0.1) is 0 Å². The van der Waals surface area contributed by atoms with Crippen LogP contribution in [0.5, 0.6) is 0 Å². The molecular weight excluding hydrogens is 204 g/mol. The lowest BCUT2D eigenvalue weighted by molar-refractivity contribution is 0.436. The number of benzene rings is 1. The lowest BCUT2D eigenvalue weighted by Gasteiger charge is -2.31. The topological polar surface area (TPSA) is 0 Å². The number of hydrogen-bond donors (Lipinski definition) is 0. The Morgan fingerprint density at radius 2 is 1.47 bits per heavy atom. The second kappa shape index (κ2) is 6.23. The average Bonchev–Trinajstić information content (AvgIpc) is 2.38. The molecule has 2 rings (SSSR count). The van der Waals surface area contributed by atoms with Gasteiger partial charge in [0.15, 0.2) is 0 Å². The third-order valence-corrected chi connectivity index (χ3v) is 4.28. The summed E-state index contributed by atoms with van der Waals surface area (Å²) in [5.74, 6) is 1.69. The fourth-order valence-corrected chi connectivity index (χ4v) is 3.37. The molecule has 0 spiro atoms. The molecule has 2 unspecified atom stereocenters. The van der Waals surface area contributed by atoms with Crippen LogP contribution < -0.4 is 0 Å². The van der Waals surface area contributed by atoms with Gasteiger partial charge < -0.3 is 0 Å². The van der Waals surface area contributed by atoms with E-state index in [0.717, 1.165) is 11.8 Å². The number of fused-ring (bicyclic) bond motifs is 1. The first kappa shape index (κ1) is 12.7. The van der Waals surface area contributed by atoms with Gasteiger partial charge in [-0.2, -0.15) is 0 Å². The smallest absolute Gasteiger partial charge is 0.0159 e. The second-order valence-electron chi connectivity index (χ2n) is 5.53. The standard InChI is InChI=1S/C17H26/c1-3-5-9-15-13-12-14(8-4-2)16-10-6-7-11-17(15)16/h6-7,10-11,14-15H,3-5,8-9,12-13H2,1-2H3. The molecule has 0 heterocycles. The summed E-state index contributed by atoms with van der Waals surface area (Å²) >= 11 is 0. The van der Waals surface area contributed by atoms with Crippen LogP contribution in [0.2, 0.25) is 0 Å². The minimum absolute atomic E-state index is 0.842. The van der Waals surface area contributed by atoms with Crippen LogP contribution in [0.15, 0.2) is 24.3 Å². The van der Waals surface area contributed by atoms with Gasteiger partial charge in [-0.25, -0.2) is 0 Å². The van der Waals surface area contributed by atoms with E-state index in [0.29, 0.717) is 0 Å². The van der Waals surface area contributed by atoms with Gasteiger partial charge >= 0.3 is 0 Å². The van der Waals surface area contributed by atoms with Crippen LogP contribution in [0, 0.1) is 0 Å². The van der Waals surface area contributed by atoms with Crippen LogP contribution in [0.4, 0.5) is 0 Å². The van der Waals surface area contributed by atoms with Gasteiger partial charge in [-0.1, -0.05) is 57.4 Å². The Morgan fingerprint density at radius 3 is 2.00 bits per heavy atom. The largest absolute Gasteiger partial charge is 0.0654 e. The summed E-state index contributed by atoms with van der Waals surface area (Å²) in [4.78, 5) is 0. The van der Waals surface area contributed by atoms with E-state index in [2.05, 4.69) is 38.1 Å². The zero-order chi connectivity index (χ0) is 12.1. The van der Waals surface area contributed by atoms with E-state index >= 15 is 0 Å². The van der Waals surface area contributed by atoms with Crippen LogP contribution in [0.3, 0.4) is 0 Å². The fraction of sp³-hybridized carbons (Fsp3) is 0.647. The highest BCUT2D eigenvalue weighted by atomic mass is 14.3. The lowest BCUT2D eigenvalue weighted by Crippen LogP contribution is -2.14. The van der Waals surface area contributed by atoms with E-state index in [1.165, 1.54) is 44.9 Å². The molecular formula is C17H26. The van der Waals surface area contributed by atoms with E-state index in [1.807, 2.05) is 0 Å². The Hall–Kier alpha value is -0.780. The van der Waals surface area contributed by atoms with Gasteiger partial charge in [0.05, 0.1) is 0 Å². The summed E-state index contributed by atoms with van der Waals surface area (Å²) in [6.07, 6.45) is 9.64. The highest BCUT2D eigenvalue weighted by Gasteiger charge is 2.25. The molecule has 1 aromatic rings. The molecule has 0 saturated heterocycles. The van der Waals surface area contributed by atoms with Crippen LogP contribution >= 0.6 is 0 Å². The van der Waals surface area contributed by atoms with Gasteiger partial charge in [-0.05, 0) is 48.6 Å². The monoisotopic (exact) mass is 230 g/mol. The molecule has 17 heavy (non-hydrogen) atoms. The Morgan fingerprint density at radius 1 is 0.882 bits per heavy atom. The molecule has 0 saturated carbocycles. The third kappa shape index (κ3) is 2.91. The number of unbranched alkanes of at least 4 members (excludes halogenated alkanes) is 1. The zero-order valence-corrected chi connectivity index (χ0v) is 11.4. The van der Waals surface area contributed by atoms with Crippen LogP contribution in [0.25, 0.3) is 0 Å². The summed E-state index contributed by atoms with van der Waals surface area (Å²) in [6, 6.07) is 9.22. The van der Waals surface area contributed by atoms with Crippen molar-refractivity contribution in [3.8, 4) is 0 Å². The first-order chi connectivity index (χ1) is 8.36. The molecule has 0 N–H and O–H groups in total. The van der Waals surface area contributed by atoms with Crippen molar-refractivity contribution >= 4 is 0 Å². The molecule has 1 aliphatic rings. The summed E-state index contributed by atoms with van der Waals surface area (Å²) in [7, 11) is 0. The fourth-order valence-electron chi connectivity index (χ4n) is 3.37. The summed E-state index contributed by atoms with van der Waals surface area (Å²) < 4.78 is 0. The van der Waals surface area contributed by atoms with E-state index in [9.17, 15) is 0 Å². The summed E-state index contributed by atoms with van der Waals surface area (Å²) in [5.41, 5.74) is 3.34. The van der Waals surface area contributed by atoms with Crippen LogP contribution in [-0.2, 0) is 0 Å². The highest BCUT2D eigenvalue weighted by Crippen LogP contribution is 2.42. The quantitative estimate of drug-likeness (QED) is 0.614. The maximum absolute atomic E-state index is 2.39. The minimum Gasteiger partial charge on any atom is -0.0654 e. The van der Waals surface area contributed by atoms with Gasteiger partial charge in [0, 0.05) is 0 Å². The molecule has 0 heteroatoms. The van der Waals surface area contributed by atoms with Gasteiger partial charge in [0.25, 0.3) is 0 Å². The van der Waals surface area contributed by atoms with E-state index in [-0.39, 0.29) is 0 Å². The molecule has 0 bridgehead atoms. The van der Waals surface area contributed by atoms with E-state index in [4.69, 9.17) is 0 Å². The molecule has 2 atom stereocenters. The molecule has 0 radical (unpaired) electrons. The zero-order valence-electron chi connectivity index (χ0n) is 11.4. The molecule has 0 amide bonds. The number of rotatable bonds is 5. The van der Waals surface area contributed by atoms with Gasteiger partial charge in [0.2, 0.25) is 0 Å².